The second-order valence-electron chi connectivity index (χ2n) is 3.69. The van der Waals surface area contributed by atoms with Gasteiger partial charge in [-0.25, -0.2) is 0 Å². The molecule has 3 rings (SSSR count). The Bertz CT molecular complexity index is 413. The Kier molecular flexibility index (Phi) is 1.97. The minimum atomic E-state index is 1.09. The minimum Gasteiger partial charge on any atom is -0.296 e. The molecule has 0 N–H and O–H groups in total. The van der Waals surface area contributed by atoms with Crippen LogP contribution >= 0.6 is 22.7 Å². The summed E-state index contributed by atoms with van der Waals surface area (Å²) >= 11 is 3.74. The maximum absolute atomic E-state index is 2.39. The maximum atomic E-state index is 2.39. The van der Waals surface area contributed by atoms with Crippen LogP contribution in [0.15, 0.2) is 22.9 Å². The fraction of sp³-hybridized carbons (Fsp3) is 0.273. The monoisotopic (exact) mass is 221 g/mol. The third-order valence-electron chi connectivity index (χ3n) is 2.61. The number of rotatable bonds is 0. The van der Waals surface area contributed by atoms with E-state index >= 15 is 0 Å². The van der Waals surface area contributed by atoms with E-state index in [0.29, 0.717) is 0 Å². The van der Waals surface area contributed by atoms with Gasteiger partial charge in [-0.3, -0.25) is 4.90 Å². The van der Waals surface area contributed by atoms with Crippen molar-refractivity contribution in [1.82, 2.24) is 4.90 Å². The molecule has 0 spiro atoms. The second kappa shape index (κ2) is 3.19. The zero-order valence-electron chi connectivity index (χ0n) is 7.99. The van der Waals surface area contributed by atoms with Gasteiger partial charge in [-0.1, -0.05) is 0 Å². The van der Waals surface area contributed by atoms with Crippen LogP contribution in [0.3, 0.4) is 0 Å². The first-order chi connectivity index (χ1) is 6.84. The topological polar surface area (TPSA) is 3.24 Å². The fourth-order valence-electron chi connectivity index (χ4n) is 1.95. The molecule has 0 aromatic carbocycles. The van der Waals surface area contributed by atoms with Crippen LogP contribution in [0, 0.1) is 0 Å². The van der Waals surface area contributed by atoms with Crippen LogP contribution in [-0.2, 0) is 13.1 Å². The summed E-state index contributed by atoms with van der Waals surface area (Å²) in [5.74, 6) is 0. The van der Waals surface area contributed by atoms with Gasteiger partial charge in [0, 0.05) is 22.8 Å². The molecule has 0 saturated heterocycles. The Morgan fingerprint density at radius 1 is 1.00 bits per heavy atom. The van der Waals surface area contributed by atoms with E-state index in [0.717, 1.165) is 13.1 Å². The van der Waals surface area contributed by atoms with Gasteiger partial charge in [0.05, 0.1) is 0 Å². The normalized spacial score (nSPS) is 16.1. The summed E-state index contributed by atoms with van der Waals surface area (Å²) in [5, 5.41) is 4.40. The molecule has 0 bridgehead atoms. The predicted molar refractivity (Wildman–Crippen MR) is 62.8 cm³/mol. The highest BCUT2D eigenvalue weighted by molar-refractivity contribution is 7.11. The first-order valence-electron chi connectivity index (χ1n) is 4.66. The molecule has 0 aliphatic carbocycles. The smallest absolute Gasteiger partial charge is 0.0335 e. The average molecular weight is 221 g/mol. The number of hydrogen-bond acceptors (Lipinski definition) is 3. The van der Waals surface area contributed by atoms with E-state index in [-0.39, 0.29) is 0 Å². The summed E-state index contributed by atoms with van der Waals surface area (Å²) < 4.78 is 0. The standard InChI is InChI=1S/C11H11NS2/c1-12-6-10-8(2-4-13-10)9-3-5-14-11(9)7-12/h2-5H,6-7H2,1H3. The molecular formula is C11H11NS2. The SMILES string of the molecule is CN1Cc2sccc2-c2ccsc2C1. The van der Waals surface area contributed by atoms with Crippen LogP contribution in [-0.4, -0.2) is 11.9 Å². The molecular weight excluding hydrogens is 210 g/mol. The van der Waals surface area contributed by atoms with E-state index in [2.05, 4.69) is 34.8 Å². The van der Waals surface area contributed by atoms with Crippen LogP contribution in [0.5, 0.6) is 0 Å². The molecule has 0 amide bonds. The number of nitrogens with zero attached hydrogens (tertiary/aromatic N) is 1. The first kappa shape index (κ1) is 8.65. The Morgan fingerprint density at radius 3 is 2.00 bits per heavy atom. The van der Waals surface area contributed by atoms with Gasteiger partial charge in [-0.05, 0) is 41.1 Å². The summed E-state index contributed by atoms with van der Waals surface area (Å²) in [5.41, 5.74) is 2.91. The molecule has 14 heavy (non-hydrogen) atoms. The number of thiophene rings is 2. The molecule has 0 fully saturated rings. The van der Waals surface area contributed by atoms with Crippen molar-refractivity contribution in [2.45, 2.75) is 13.1 Å². The second-order valence-corrected chi connectivity index (χ2v) is 5.69. The largest absolute Gasteiger partial charge is 0.296 e. The van der Waals surface area contributed by atoms with Crippen LogP contribution in [0.1, 0.15) is 9.75 Å². The van der Waals surface area contributed by atoms with Crippen LogP contribution < -0.4 is 0 Å². The molecule has 0 radical (unpaired) electrons. The predicted octanol–water partition coefficient (Wildman–Crippen LogP) is 3.42. The molecule has 1 aliphatic rings. The quantitative estimate of drug-likeness (QED) is 0.659. The van der Waals surface area contributed by atoms with Crippen molar-refractivity contribution in [3.8, 4) is 11.1 Å². The summed E-state index contributed by atoms with van der Waals surface area (Å²) in [4.78, 5) is 5.40. The Hall–Kier alpha value is -0.640. The average Bonchev–Trinajstić information content (AvgIpc) is 2.72. The number of fused-ring (bicyclic) bond motifs is 3. The Labute approximate surface area is 91.6 Å². The summed E-state index contributed by atoms with van der Waals surface area (Å²) in [6.45, 7) is 2.18. The third-order valence-corrected chi connectivity index (χ3v) is 4.42. The molecule has 3 heteroatoms. The van der Waals surface area contributed by atoms with Gasteiger partial charge in [-0.15, -0.1) is 22.7 Å². The number of hydrogen-bond donors (Lipinski definition) is 0. The Morgan fingerprint density at radius 2 is 1.50 bits per heavy atom. The molecule has 1 nitrogen and oxygen atoms in total. The van der Waals surface area contributed by atoms with E-state index in [4.69, 9.17) is 0 Å². The van der Waals surface area contributed by atoms with E-state index in [1.165, 1.54) is 20.9 Å². The van der Waals surface area contributed by atoms with Crippen molar-refractivity contribution in [2.75, 3.05) is 7.05 Å². The van der Waals surface area contributed by atoms with Gasteiger partial charge in [0.2, 0.25) is 0 Å². The van der Waals surface area contributed by atoms with Crippen molar-refractivity contribution in [2.24, 2.45) is 0 Å². The molecule has 2 aromatic rings. The highest BCUT2D eigenvalue weighted by atomic mass is 32.1. The third kappa shape index (κ3) is 1.24. The van der Waals surface area contributed by atoms with E-state index in [1.54, 1.807) is 0 Å². The van der Waals surface area contributed by atoms with Gasteiger partial charge in [0.1, 0.15) is 0 Å². The highest BCUT2D eigenvalue weighted by Crippen LogP contribution is 2.37. The van der Waals surface area contributed by atoms with Crippen LogP contribution in [0.2, 0.25) is 0 Å². The summed E-state index contributed by atoms with van der Waals surface area (Å²) in [7, 11) is 2.19. The lowest BCUT2D eigenvalue weighted by Crippen LogP contribution is -2.14. The maximum Gasteiger partial charge on any atom is 0.0335 e. The van der Waals surface area contributed by atoms with Gasteiger partial charge in [-0.2, -0.15) is 0 Å². The van der Waals surface area contributed by atoms with Crippen molar-refractivity contribution >= 4 is 22.7 Å². The van der Waals surface area contributed by atoms with Crippen molar-refractivity contribution in [3.63, 3.8) is 0 Å². The molecule has 2 aromatic heterocycles. The summed E-state index contributed by atoms with van der Waals surface area (Å²) in [6.07, 6.45) is 0. The van der Waals surface area contributed by atoms with E-state index < -0.39 is 0 Å². The molecule has 3 heterocycles. The van der Waals surface area contributed by atoms with Crippen molar-refractivity contribution in [1.29, 1.82) is 0 Å². The fourth-order valence-corrected chi connectivity index (χ4v) is 3.89. The lowest BCUT2D eigenvalue weighted by molar-refractivity contribution is 0.328. The lowest BCUT2D eigenvalue weighted by Gasteiger charge is -2.11. The summed E-state index contributed by atoms with van der Waals surface area (Å²) in [6, 6.07) is 4.51. The van der Waals surface area contributed by atoms with Crippen molar-refractivity contribution < 1.29 is 0 Å². The highest BCUT2D eigenvalue weighted by Gasteiger charge is 2.18. The van der Waals surface area contributed by atoms with Gasteiger partial charge < -0.3 is 0 Å². The molecule has 0 atom stereocenters. The first-order valence-corrected chi connectivity index (χ1v) is 6.42. The van der Waals surface area contributed by atoms with E-state index in [9.17, 15) is 0 Å². The molecule has 72 valence electrons. The minimum absolute atomic E-state index is 1.09. The molecule has 0 unspecified atom stereocenters. The molecule has 0 saturated carbocycles. The zero-order chi connectivity index (χ0) is 9.54. The lowest BCUT2D eigenvalue weighted by atomic mass is 10.1. The van der Waals surface area contributed by atoms with Gasteiger partial charge in [0.15, 0.2) is 0 Å². The van der Waals surface area contributed by atoms with Crippen LogP contribution in [0.25, 0.3) is 11.1 Å². The van der Waals surface area contributed by atoms with E-state index in [1.807, 2.05) is 22.7 Å². The zero-order valence-corrected chi connectivity index (χ0v) is 9.62. The molecule has 1 aliphatic heterocycles. The van der Waals surface area contributed by atoms with Crippen molar-refractivity contribution in [3.05, 3.63) is 32.6 Å². The van der Waals surface area contributed by atoms with Gasteiger partial charge in [0.25, 0.3) is 0 Å². The van der Waals surface area contributed by atoms with Gasteiger partial charge >= 0.3 is 0 Å². The Balaban J connectivity index is 2.24. The van der Waals surface area contributed by atoms with Crippen LogP contribution in [0.4, 0.5) is 0 Å².